The molecule has 1 aromatic heterocycles. The Morgan fingerprint density at radius 3 is 1.37 bits per heavy atom. The number of hydrogen-bond donors (Lipinski definition) is 0. The van der Waals surface area contributed by atoms with E-state index in [-0.39, 0.29) is 7.57 Å². The van der Waals surface area contributed by atoms with Crippen LogP contribution in [0.1, 0.15) is 0 Å². The summed E-state index contributed by atoms with van der Waals surface area (Å²) in [6.45, 7) is -3.26. The van der Waals surface area contributed by atoms with E-state index in [4.69, 9.17) is 0 Å². The smallest absolute Gasteiger partial charge is 0.422 e. The molecule has 0 aliphatic carbocycles. The number of thiophene rings is 1. The molecular formula is C8H4Br2F6O2S. The molecule has 0 bridgehead atoms. The van der Waals surface area contributed by atoms with Crippen molar-refractivity contribution < 1.29 is 35.8 Å². The molecule has 0 aliphatic rings. The van der Waals surface area contributed by atoms with E-state index in [0.29, 0.717) is 0 Å². The third-order valence-corrected chi connectivity index (χ3v) is 3.92. The fourth-order valence-electron chi connectivity index (χ4n) is 0.902. The van der Waals surface area contributed by atoms with Crippen molar-refractivity contribution >= 4 is 43.2 Å². The quantitative estimate of drug-likeness (QED) is 0.606. The summed E-state index contributed by atoms with van der Waals surface area (Å²) in [5.41, 5.74) is 0. The Morgan fingerprint density at radius 1 is 0.789 bits per heavy atom. The first kappa shape index (κ1) is 16.9. The van der Waals surface area contributed by atoms with Gasteiger partial charge in [-0.05, 0) is 31.9 Å². The summed E-state index contributed by atoms with van der Waals surface area (Å²) in [7, 11) is 0. The maximum Gasteiger partial charge on any atom is 0.422 e. The van der Waals surface area contributed by atoms with Gasteiger partial charge in [-0.3, -0.25) is 0 Å². The first-order valence-corrected chi connectivity index (χ1v) is 6.77. The second-order valence-electron chi connectivity index (χ2n) is 3.12. The van der Waals surface area contributed by atoms with Crippen LogP contribution in [0, 0.1) is 0 Å². The third kappa shape index (κ3) is 5.78. The molecule has 0 fully saturated rings. The molecule has 2 nitrogen and oxygen atoms in total. The maximum atomic E-state index is 12.0. The number of hydrogen-bond acceptors (Lipinski definition) is 3. The van der Waals surface area contributed by atoms with Gasteiger partial charge in [-0.2, -0.15) is 26.3 Å². The number of ether oxygens (including phenoxy) is 2. The average molecular weight is 438 g/mol. The summed E-state index contributed by atoms with van der Waals surface area (Å²) >= 11 is 6.63. The SMILES string of the molecule is FC(F)(F)COc1c(Br)sc(Br)c1OCC(F)(F)F. The van der Waals surface area contributed by atoms with Gasteiger partial charge in [0.05, 0.1) is 0 Å². The van der Waals surface area contributed by atoms with Gasteiger partial charge < -0.3 is 9.47 Å². The van der Waals surface area contributed by atoms with Crippen molar-refractivity contribution in [1.82, 2.24) is 0 Å². The lowest BCUT2D eigenvalue weighted by Gasteiger charge is -2.12. The van der Waals surface area contributed by atoms with Crippen LogP contribution in [0.25, 0.3) is 0 Å². The molecule has 0 atom stereocenters. The van der Waals surface area contributed by atoms with Crippen LogP contribution in [-0.4, -0.2) is 25.6 Å². The highest BCUT2D eigenvalue weighted by atomic mass is 79.9. The van der Waals surface area contributed by atoms with E-state index in [0.717, 1.165) is 11.3 Å². The first-order valence-electron chi connectivity index (χ1n) is 4.36. The molecule has 0 aromatic carbocycles. The van der Waals surface area contributed by atoms with E-state index in [9.17, 15) is 26.3 Å². The zero-order valence-electron chi connectivity index (χ0n) is 8.66. The topological polar surface area (TPSA) is 18.5 Å². The Hall–Kier alpha value is -0.160. The van der Waals surface area contributed by atoms with Crippen molar-refractivity contribution in [2.75, 3.05) is 13.2 Å². The fraction of sp³-hybridized carbons (Fsp3) is 0.500. The third-order valence-electron chi connectivity index (χ3n) is 1.50. The van der Waals surface area contributed by atoms with Crippen molar-refractivity contribution in [3.63, 3.8) is 0 Å². The van der Waals surface area contributed by atoms with Crippen molar-refractivity contribution in [3.05, 3.63) is 7.57 Å². The van der Waals surface area contributed by atoms with Crippen LogP contribution in [0.5, 0.6) is 11.5 Å². The van der Waals surface area contributed by atoms with Crippen molar-refractivity contribution in [1.29, 1.82) is 0 Å². The van der Waals surface area contributed by atoms with E-state index < -0.39 is 37.1 Å². The second-order valence-corrected chi connectivity index (χ2v) is 6.77. The Kier molecular flexibility index (Phi) is 5.41. The van der Waals surface area contributed by atoms with E-state index in [2.05, 4.69) is 41.3 Å². The minimum atomic E-state index is -4.60. The molecule has 1 heterocycles. The van der Waals surface area contributed by atoms with Crippen LogP contribution in [0.2, 0.25) is 0 Å². The molecule has 0 spiro atoms. The molecule has 1 aromatic rings. The lowest BCUT2D eigenvalue weighted by molar-refractivity contribution is -0.158. The summed E-state index contributed by atoms with van der Waals surface area (Å²) in [6.07, 6.45) is -9.20. The number of halogens is 8. The van der Waals surface area contributed by atoms with E-state index in [1.807, 2.05) is 0 Å². The molecule has 11 heteroatoms. The zero-order chi connectivity index (χ0) is 14.8. The normalized spacial score (nSPS) is 12.6. The predicted molar refractivity (Wildman–Crippen MR) is 62.8 cm³/mol. The minimum absolute atomic E-state index is 0.0980. The average Bonchev–Trinajstić information content (AvgIpc) is 2.45. The lowest BCUT2D eigenvalue weighted by atomic mass is 10.5. The predicted octanol–water partition coefficient (Wildman–Crippen LogP) is 5.16. The van der Waals surface area contributed by atoms with Gasteiger partial charge in [0.25, 0.3) is 0 Å². The summed E-state index contributed by atoms with van der Waals surface area (Å²) in [5.74, 6) is -0.836. The van der Waals surface area contributed by atoms with Gasteiger partial charge in [-0.1, -0.05) is 0 Å². The molecule has 19 heavy (non-hydrogen) atoms. The van der Waals surface area contributed by atoms with Crippen LogP contribution >= 0.6 is 43.2 Å². The second kappa shape index (κ2) is 6.08. The molecule has 0 N–H and O–H groups in total. The summed E-state index contributed by atoms with van der Waals surface area (Å²) in [6, 6.07) is 0. The van der Waals surface area contributed by atoms with Gasteiger partial charge in [0.15, 0.2) is 24.7 Å². The van der Waals surface area contributed by atoms with Crippen LogP contribution < -0.4 is 9.47 Å². The Balaban J connectivity index is 2.85. The molecule has 0 saturated heterocycles. The molecule has 0 unspecified atom stereocenters. The van der Waals surface area contributed by atoms with Crippen LogP contribution in [-0.2, 0) is 0 Å². The number of rotatable bonds is 4. The fourth-order valence-corrected chi connectivity index (χ4v) is 3.76. The van der Waals surface area contributed by atoms with Crippen LogP contribution in [0.3, 0.4) is 0 Å². The van der Waals surface area contributed by atoms with Gasteiger partial charge in [-0.25, -0.2) is 0 Å². The lowest BCUT2D eigenvalue weighted by Crippen LogP contribution is -2.21. The first-order chi connectivity index (χ1) is 8.49. The molecule has 110 valence electrons. The van der Waals surface area contributed by atoms with Gasteiger partial charge in [-0.15, -0.1) is 11.3 Å². The highest BCUT2D eigenvalue weighted by molar-refractivity contribution is 9.12. The Labute approximate surface area is 123 Å². The van der Waals surface area contributed by atoms with Crippen molar-refractivity contribution in [2.45, 2.75) is 12.4 Å². The molecular weight excluding hydrogens is 434 g/mol. The number of alkyl halides is 6. The summed E-state index contributed by atoms with van der Waals surface area (Å²) in [4.78, 5) is 0. The summed E-state index contributed by atoms with van der Waals surface area (Å²) in [5, 5.41) is 0. The van der Waals surface area contributed by atoms with Gasteiger partial charge in [0.2, 0.25) is 0 Å². The molecule has 1 rings (SSSR count). The highest BCUT2D eigenvalue weighted by Crippen LogP contribution is 2.49. The van der Waals surface area contributed by atoms with Gasteiger partial charge >= 0.3 is 12.4 Å². The Bertz CT molecular complexity index is 403. The minimum Gasteiger partial charge on any atom is -0.478 e. The van der Waals surface area contributed by atoms with Gasteiger partial charge in [0, 0.05) is 0 Å². The van der Waals surface area contributed by atoms with Crippen LogP contribution in [0.4, 0.5) is 26.3 Å². The molecule has 0 amide bonds. The van der Waals surface area contributed by atoms with E-state index in [1.165, 1.54) is 0 Å². The summed E-state index contributed by atoms with van der Waals surface area (Å²) < 4.78 is 81.2. The Morgan fingerprint density at radius 2 is 1.11 bits per heavy atom. The van der Waals surface area contributed by atoms with E-state index >= 15 is 0 Å². The van der Waals surface area contributed by atoms with Gasteiger partial charge in [0.1, 0.15) is 7.57 Å². The zero-order valence-corrected chi connectivity index (χ0v) is 12.7. The standard InChI is InChI=1S/C8H4Br2F6O2S/c9-5-3(17-1-7(11,12)13)4(6(10)19-5)18-2-8(14,15)16/h1-2H2. The monoisotopic (exact) mass is 436 g/mol. The molecule has 0 radical (unpaired) electrons. The highest BCUT2D eigenvalue weighted by Gasteiger charge is 2.33. The van der Waals surface area contributed by atoms with Crippen LogP contribution in [0.15, 0.2) is 7.57 Å². The maximum absolute atomic E-state index is 12.0. The van der Waals surface area contributed by atoms with Crippen molar-refractivity contribution in [2.24, 2.45) is 0 Å². The molecule has 0 aliphatic heterocycles. The largest absolute Gasteiger partial charge is 0.478 e. The van der Waals surface area contributed by atoms with E-state index in [1.54, 1.807) is 0 Å². The molecule has 0 saturated carbocycles. The van der Waals surface area contributed by atoms with Crippen molar-refractivity contribution in [3.8, 4) is 11.5 Å².